The van der Waals surface area contributed by atoms with Crippen LogP contribution in [0.3, 0.4) is 0 Å². The van der Waals surface area contributed by atoms with Crippen LogP contribution in [0.25, 0.3) is 16.6 Å². The molecule has 7 rings (SSSR count). The first kappa shape index (κ1) is 39.3. The van der Waals surface area contributed by atoms with Gasteiger partial charge in [-0.2, -0.15) is 10.1 Å². The lowest BCUT2D eigenvalue weighted by Gasteiger charge is -2.30. The second-order valence-electron chi connectivity index (χ2n) is 16.1. The highest BCUT2D eigenvalue weighted by Gasteiger charge is 2.62. The normalized spacial score (nSPS) is 26.2. The number of benzene rings is 1. The van der Waals surface area contributed by atoms with E-state index in [2.05, 4.69) is 25.8 Å². The molecule has 18 heteroatoms. The van der Waals surface area contributed by atoms with E-state index in [1.807, 2.05) is 18.2 Å². The third kappa shape index (κ3) is 8.70. The van der Waals surface area contributed by atoms with Gasteiger partial charge in [0.1, 0.15) is 35.1 Å². The number of amides is 4. The van der Waals surface area contributed by atoms with Crippen LogP contribution in [0, 0.1) is 5.92 Å². The minimum Gasteiger partial charge on any atom is -0.497 e. The Bertz CT molecular complexity index is 2090. The van der Waals surface area contributed by atoms with E-state index >= 15 is 0 Å². The maximum atomic E-state index is 14.6. The van der Waals surface area contributed by atoms with Gasteiger partial charge in [0, 0.05) is 30.7 Å². The van der Waals surface area contributed by atoms with Crippen LogP contribution in [0.5, 0.6) is 11.6 Å². The van der Waals surface area contributed by atoms with Crippen molar-refractivity contribution in [3.8, 4) is 17.4 Å². The number of rotatable bonds is 8. The van der Waals surface area contributed by atoms with Crippen LogP contribution in [-0.4, -0.2) is 113 Å². The summed E-state index contributed by atoms with van der Waals surface area (Å²) < 4.78 is 47.1. The number of hydrogen-bond acceptors (Lipinski definition) is 12. The SMILES string of the molecule is COc1ccc2c(O[C@@H]3C[C@H]4C(=O)N[C@]5(C(=O)NS(=O)(=O)C6CC6)C[C@H]5CCCCCNC[C@H](NC(=O)OC(C)(C)C)C(=O)N4C3)nc(-n3cccn3)cc2c1. The molecule has 2 saturated heterocycles. The van der Waals surface area contributed by atoms with Gasteiger partial charge in [-0.3, -0.25) is 19.1 Å². The van der Waals surface area contributed by atoms with Crippen molar-refractivity contribution in [1.82, 2.24) is 40.3 Å². The van der Waals surface area contributed by atoms with E-state index in [0.717, 1.165) is 24.6 Å². The molecule has 4 fully saturated rings. The highest BCUT2D eigenvalue weighted by Crippen LogP contribution is 2.48. The Labute approximate surface area is 325 Å². The van der Waals surface area contributed by atoms with E-state index in [4.69, 9.17) is 19.2 Å². The van der Waals surface area contributed by atoms with Gasteiger partial charge in [-0.1, -0.05) is 12.8 Å². The summed E-state index contributed by atoms with van der Waals surface area (Å²) in [7, 11) is -2.32. The van der Waals surface area contributed by atoms with E-state index in [9.17, 15) is 27.6 Å². The summed E-state index contributed by atoms with van der Waals surface area (Å²) in [6, 6.07) is 6.77. The number of carbonyl (C=O) groups is 4. The summed E-state index contributed by atoms with van der Waals surface area (Å²) in [6.07, 6.45) is 5.96. The fraction of sp³-hybridized carbons (Fsp3) is 0.579. The Morgan fingerprint density at radius 1 is 1.07 bits per heavy atom. The summed E-state index contributed by atoms with van der Waals surface area (Å²) in [6.45, 7) is 5.71. The van der Waals surface area contributed by atoms with Gasteiger partial charge in [-0.05, 0) is 101 Å². The summed E-state index contributed by atoms with van der Waals surface area (Å²) in [5.41, 5.74) is -2.28. The third-order valence-corrected chi connectivity index (χ3v) is 12.5. The van der Waals surface area contributed by atoms with Gasteiger partial charge in [0.15, 0.2) is 5.82 Å². The Morgan fingerprint density at radius 3 is 2.59 bits per heavy atom. The Hall–Kier alpha value is -4.97. The van der Waals surface area contributed by atoms with Crippen molar-refractivity contribution in [2.24, 2.45) is 5.92 Å². The Kier molecular flexibility index (Phi) is 10.9. The highest BCUT2D eigenvalue weighted by molar-refractivity contribution is 7.91. The largest absolute Gasteiger partial charge is 0.497 e. The molecular weight excluding hydrogens is 745 g/mol. The van der Waals surface area contributed by atoms with Gasteiger partial charge in [0.2, 0.25) is 27.7 Å². The molecule has 4 heterocycles. The number of nitrogens with zero attached hydrogens (tertiary/aromatic N) is 4. The van der Waals surface area contributed by atoms with Crippen molar-refractivity contribution < 1.29 is 41.8 Å². The smallest absolute Gasteiger partial charge is 0.408 e. The molecule has 4 amide bonds. The first-order valence-corrected chi connectivity index (χ1v) is 20.7. The molecule has 2 aliphatic heterocycles. The molecule has 0 radical (unpaired) electrons. The van der Waals surface area contributed by atoms with Crippen LogP contribution >= 0.6 is 0 Å². The third-order valence-electron chi connectivity index (χ3n) is 10.7. The molecule has 4 aliphatic rings. The van der Waals surface area contributed by atoms with E-state index in [-0.39, 0.29) is 37.7 Å². The van der Waals surface area contributed by atoms with Gasteiger partial charge >= 0.3 is 6.09 Å². The van der Waals surface area contributed by atoms with Crippen LogP contribution in [0.1, 0.15) is 72.1 Å². The fourth-order valence-electron chi connectivity index (χ4n) is 7.53. The van der Waals surface area contributed by atoms with Gasteiger partial charge in [0.25, 0.3) is 5.91 Å². The number of methoxy groups -OCH3 is 1. The minimum atomic E-state index is -3.89. The van der Waals surface area contributed by atoms with Crippen LogP contribution in [-0.2, 0) is 29.1 Å². The molecule has 2 saturated carbocycles. The number of pyridine rings is 1. The maximum Gasteiger partial charge on any atom is 0.408 e. The van der Waals surface area contributed by atoms with Crippen molar-refractivity contribution in [3.05, 3.63) is 42.7 Å². The molecule has 0 spiro atoms. The molecule has 3 aromatic rings. The van der Waals surface area contributed by atoms with E-state index in [1.165, 1.54) is 4.90 Å². The summed E-state index contributed by atoms with van der Waals surface area (Å²) in [5.74, 6) is -0.900. The van der Waals surface area contributed by atoms with Crippen molar-refractivity contribution in [1.29, 1.82) is 0 Å². The summed E-state index contributed by atoms with van der Waals surface area (Å²) in [5, 5.41) is 14.0. The second kappa shape index (κ2) is 15.5. The first-order chi connectivity index (χ1) is 26.7. The van der Waals surface area contributed by atoms with Crippen LogP contribution in [0.2, 0.25) is 0 Å². The molecule has 17 nitrogen and oxygen atoms in total. The average Bonchev–Trinajstić information content (AvgIpc) is 4.00. The zero-order chi connectivity index (χ0) is 39.8. The number of nitrogens with one attached hydrogen (secondary N) is 4. The van der Waals surface area contributed by atoms with Gasteiger partial charge in [-0.15, -0.1) is 0 Å². The zero-order valence-corrected chi connectivity index (χ0v) is 32.9. The lowest BCUT2D eigenvalue weighted by atomic mass is 10.1. The fourth-order valence-corrected chi connectivity index (χ4v) is 8.89. The van der Waals surface area contributed by atoms with Crippen molar-refractivity contribution in [3.63, 3.8) is 0 Å². The molecule has 5 atom stereocenters. The number of fused-ring (bicyclic) bond motifs is 3. The molecule has 2 aliphatic carbocycles. The standard InChI is InChI=1S/C38H50N8O9S/c1-37(2,3)55-36(50)41-29-21-39-14-7-5-6-9-24-20-38(24,35(49)44-56(51,52)27-11-12-27)43-32(47)30-19-26(22-45(30)34(29)48)54-33-28-13-10-25(53-4)17-23(28)18-31(42-33)46-16-8-15-40-46/h8,10,13,15-18,24,26-27,29-30,39H,5-7,9,11-12,14,19-22H2,1-4H3,(H,41,50)(H,43,47)(H,44,49)/t24-,26-,29+,30+,38-/m1/s1. The highest BCUT2D eigenvalue weighted by atomic mass is 32.2. The van der Waals surface area contributed by atoms with Crippen molar-refractivity contribution >= 4 is 44.6 Å². The first-order valence-electron chi connectivity index (χ1n) is 19.2. The predicted octanol–water partition coefficient (Wildman–Crippen LogP) is 2.32. The zero-order valence-electron chi connectivity index (χ0n) is 32.1. The van der Waals surface area contributed by atoms with Crippen LogP contribution in [0.4, 0.5) is 4.79 Å². The number of alkyl carbamates (subject to hydrolysis) is 1. The van der Waals surface area contributed by atoms with Crippen molar-refractivity contribution in [2.45, 2.75) is 107 Å². The molecule has 56 heavy (non-hydrogen) atoms. The molecule has 1 aromatic carbocycles. The summed E-state index contributed by atoms with van der Waals surface area (Å²) >= 11 is 0. The van der Waals surface area contributed by atoms with Gasteiger partial charge < -0.3 is 35.1 Å². The molecule has 0 bridgehead atoms. The van der Waals surface area contributed by atoms with E-state index < -0.39 is 68.4 Å². The number of sulfonamides is 1. The topological polar surface area (TPSA) is 212 Å². The predicted molar refractivity (Wildman–Crippen MR) is 204 cm³/mol. The lowest BCUT2D eigenvalue weighted by Crippen LogP contribution is -2.59. The molecule has 0 unspecified atom stereocenters. The minimum absolute atomic E-state index is 0.0121. The second-order valence-corrected chi connectivity index (χ2v) is 18.1. The van der Waals surface area contributed by atoms with Crippen LogP contribution in [0.15, 0.2) is 42.7 Å². The van der Waals surface area contributed by atoms with E-state index in [1.54, 1.807) is 57.1 Å². The quantitative estimate of drug-likeness (QED) is 0.259. The maximum absolute atomic E-state index is 14.6. The van der Waals surface area contributed by atoms with Crippen molar-refractivity contribution in [2.75, 3.05) is 26.7 Å². The number of aromatic nitrogens is 3. The van der Waals surface area contributed by atoms with Gasteiger partial charge in [0.05, 0.1) is 18.9 Å². The lowest BCUT2D eigenvalue weighted by molar-refractivity contribution is -0.141. The molecule has 4 N–H and O–H groups in total. The average molecular weight is 795 g/mol. The molecular formula is C38H50N8O9S. The molecule has 302 valence electrons. The number of hydrogen-bond donors (Lipinski definition) is 4. The van der Waals surface area contributed by atoms with E-state index in [0.29, 0.717) is 42.8 Å². The Morgan fingerprint density at radius 2 is 1.88 bits per heavy atom. The Balaban J connectivity index is 1.22. The number of carbonyl (C=O) groups excluding carboxylic acids is 4. The number of ether oxygens (including phenoxy) is 3. The molecule has 2 aromatic heterocycles. The monoisotopic (exact) mass is 794 g/mol. The summed E-state index contributed by atoms with van der Waals surface area (Å²) in [4.78, 5) is 62.0. The van der Waals surface area contributed by atoms with Gasteiger partial charge in [-0.25, -0.2) is 17.9 Å². The van der Waals surface area contributed by atoms with Crippen LogP contribution < -0.4 is 30.1 Å².